The number of hydrogen-bond donors (Lipinski definition) is 1. The predicted octanol–water partition coefficient (Wildman–Crippen LogP) is 0.858. The van der Waals surface area contributed by atoms with Gasteiger partial charge in [0.25, 0.3) is 0 Å². The fourth-order valence-electron chi connectivity index (χ4n) is 2.83. The number of halogens is 1. The molecule has 0 aliphatic carbocycles. The lowest BCUT2D eigenvalue weighted by Gasteiger charge is -2.34. The summed E-state index contributed by atoms with van der Waals surface area (Å²) in [7, 11) is 0. The summed E-state index contributed by atoms with van der Waals surface area (Å²) < 4.78 is 12.8. The normalized spacial score (nSPS) is 26.3. The lowest BCUT2D eigenvalue weighted by molar-refractivity contribution is -0.146. The van der Waals surface area contributed by atoms with E-state index in [1.54, 1.807) is 17.0 Å². The second kappa shape index (κ2) is 4.64. The molecule has 2 amide bonds. The molecule has 1 aromatic rings. The minimum Gasteiger partial charge on any atom is -0.342 e. The highest BCUT2D eigenvalue weighted by atomic mass is 19.1. The minimum absolute atomic E-state index is 0.0218. The van der Waals surface area contributed by atoms with E-state index in [-0.39, 0.29) is 23.7 Å². The highest BCUT2D eigenvalue weighted by Gasteiger charge is 2.42. The monoisotopic (exact) mass is 262 g/mol. The maximum absolute atomic E-state index is 12.8. The van der Waals surface area contributed by atoms with E-state index in [0.29, 0.717) is 13.0 Å². The molecule has 1 aromatic carbocycles. The van der Waals surface area contributed by atoms with Crippen molar-refractivity contribution in [1.82, 2.24) is 10.2 Å². The zero-order chi connectivity index (χ0) is 13.4. The molecule has 5 heteroatoms. The Morgan fingerprint density at radius 2 is 2.00 bits per heavy atom. The van der Waals surface area contributed by atoms with Crippen molar-refractivity contribution in [2.75, 3.05) is 6.54 Å². The van der Waals surface area contributed by atoms with Gasteiger partial charge in [-0.2, -0.15) is 0 Å². The van der Waals surface area contributed by atoms with Crippen molar-refractivity contribution in [3.8, 4) is 0 Å². The van der Waals surface area contributed by atoms with Gasteiger partial charge in [-0.15, -0.1) is 0 Å². The summed E-state index contributed by atoms with van der Waals surface area (Å²) in [5.74, 6) is -0.391. The summed E-state index contributed by atoms with van der Waals surface area (Å²) >= 11 is 0. The van der Waals surface area contributed by atoms with Gasteiger partial charge in [-0.1, -0.05) is 12.1 Å². The number of rotatable bonds is 2. The third-order valence-electron chi connectivity index (χ3n) is 3.81. The first-order chi connectivity index (χ1) is 9.15. The number of hydrogen-bond acceptors (Lipinski definition) is 2. The third-order valence-corrected chi connectivity index (χ3v) is 3.81. The van der Waals surface area contributed by atoms with Crippen LogP contribution < -0.4 is 5.32 Å². The minimum atomic E-state index is -0.521. The Labute approximate surface area is 110 Å². The molecule has 2 aliphatic rings. The maximum atomic E-state index is 12.8. The lowest BCUT2D eigenvalue weighted by atomic mass is 10.0. The number of amides is 2. The number of fused-ring (bicyclic) bond motifs is 1. The van der Waals surface area contributed by atoms with E-state index in [9.17, 15) is 14.0 Å². The standard InChI is InChI=1S/C14H15FN2O2/c15-10-5-3-9(4-6-10)8-11-14(19)17-7-1-2-12(17)13(18)16-11/h3-6,11-12H,1-2,7-8H2,(H,16,18)/t11-,12?/m1/s1. The summed E-state index contributed by atoms with van der Waals surface area (Å²) in [6, 6.07) is 5.21. The van der Waals surface area contributed by atoms with Crippen molar-refractivity contribution in [1.29, 1.82) is 0 Å². The first kappa shape index (κ1) is 12.1. The molecule has 2 saturated heterocycles. The Bertz CT molecular complexity index is 515. The molecule has 0 radical (unpaired) electrons. The molecule has 4 nitrogen and oxygen atoms in total. The van der Waals surface area contributed by atoms with Crippen LogP contribution in [0.3, 0.4) is 0 Å². The van der Waals surface area contributed by atoms with Crippen molar-refractivity contribution in [2.24, 2.45) is 0 Å². The summed E-state index contributed by atoms with van der Waals surface area (Å²) in [6.45, 7) is 0.664. The number of piperazine rings is 1. The van der Waals surface area contributed by atoms with Crippen LogP contribution in [0.4, 0.5) is 4.39 Å². The average Bonchev–Trinajstić information content (AvgIpc) is 2.88. The van der Waals surface area contributed by atoms with Gasteiger partial charge in [-0.3, -0.25) is 9.59 Å². The van der Waals surface area contributed by atoms with Gasteiger partial charge in [0.2, 0.25) is 11.8 Å². The average molecular weight is 262 g/mol. The Morgan fingerprint density at radius 3 is 2.74 bits per heavy atom. The Balaban J connectivity index is 1.76. The summed E-state index contributed by atoms with van der Waals surface area (Å²) in [4.78, 5) is 25.8. The van der Waals surface area contributed by atoms with Gasteiger partial charge in [0, 0.05) is 13.0 Å². The van der Waals surface area contributed by atoms with Gasteiger partial charge in [0.05, 0.1) is 0 Å². The van der Waals surface area contributed by atoms with E-state index in [1.165, 1.54) is 12.1 Å². The molecule has 3 rings (SSSR count). The second-order valence-electron chi connectivity index (χ2n) is 5.08. The zero-order valence-corrected chi connectivity index (χ0v) is 10.4. The molecule has 2 heterocycles. The van der Waals surface area contributed by atoms with Gasteiger partial charge < -0.3 is 10.2 Å². The molecule has 1 unspecified atom stereocenters. The van der Waals surface area contributed by atoms with E-state index in [2.05, 4.69) is 5.32 Å². The van der Waals surface area contributed by atoms with E-state index in [4.69, 9.17) is 0 Å². The van der Waals surface area contributed by atoms with Crippen molar-refractivity contribution in [3.63, 3.8) is 0 Å². The number of nitrogens with zero attached hydrogens (tertiary/aromatic N) is 1. The maximum Gasteiger partial charge on any atom is 0.246 e. The highest BCUT2D eigenvalue weighted by Crippen LogP contribution is 2.23. The summed E-state index contributed by atoms with van der Waals surface area (Å²) in [6.07, 6.45) is 2.04. The van der Waals surface area contributed by atoms with Crippen LogP contribution in [0.2, 0.25) is 0 Å². The molecule has 2 atom stereocenters. The Morgan fingerprint density at radius 1 is 1.26 bits per heavy atom. The highest BCUT2D eigenvalue weighted by molar-refractivity contribution is 5.97. The third kappa shape index (κ3) is 2.20. The molecule has 0 bridgehead atoms. The molecule has 100 valence electrons. The van der Waals surface area contributed by atoms with E-state index in [0.717, 1.165) is 18.4 Å². The van der Waals surface area contributed by atoms with Crippen LogP contribution in [0.25, 0.3) is 0 Å². The number of benzene rings is 1. The topological polar surface area (TPSA) is 49.4 Å². The largest absolute Gasteiger partial charge is 0.342 e. The van der Waals surface area contributed by atoms with Gasteiger partial charge in [-0.25, -0.2) is 4.39 Å². The second-order valence-corrected chi connectivity index (χ2v) is 5.08. The zero-order valence-electron chi connectivity index (χ0n) is 10.4. The molecular weight excluding hydrogens is 247 g/mol. The van der Waals surface area contributed by atoms with Crippen molar-refractivity contribution >= 4 is 11.8 Å². The molecule has 0 aromatic heterocycles. The molecule has 2 aliphatic heterocycles. The number of carbonyl (C=O) groups excluding carboxylic acids is 2. The summed E-state index contributed by atoms with van der Waals surface area (Å²) in [5, 5.41) is 2.78. The number of carbonyl (C=O) groups is 2. The van der Waals surface area contributed by atoms with Crippen molar-refractivity contribution in [2.45, 2.75) is 31.3 Å². The Kier molecular flexibility index (Phi) is 2.97. The van der Waals surface area contributed by atoms with E-state index >= 15 is 0 Å². The van der Waals surface area contributed by atoms with Crippen LogP contribution in [-0.4, -0.2) is 35.3 Å². The molecule has 0 saturated carbocycles. The van der Waals surface area contributed by atoms with Gasteiger partial charge in [0.15, 0.2) is 0 Å². The van der Waals surface area contributed by atoms with Crippen LogP contribution in [0.5, 0.6) is 0 Å². The van der Waals surface area contributed by atoms with Crippen molar-refractivity contribution in [3.05, 3.63) is 35.6 Å². The van der Waals surface area contributed by atoms with Crippen LogP contribution in [0.1, 0.15) is 18.4 Å². The molecular formula is C14H15FN2O2. The predicted molar refractivity (Wildman–Crippen MR) is 66.8 cm³/mol. The SMILES string of the molecule is O=C1N[C@H](Cc2ccc(F)cc2)C(=O)N2CCCC12. The molecule has 1 N–H and O–H groups in total. The first-order valence-corrected chi connectivity index (χ1v) is 6.50. The van der Waals surface area contributed by atoms with E-state index < -0.39 is 6.04 Å². The van der Waals surface area contributed by atoms with Crippen LogP contribution in [0.15, 0.2) is 24.3 Å². The lowest BCUT2D eigenvalue weighted by Crippen LogP contribution is -2.61. The van der Waals surface area contributed by atoms with Crippen LogP contribution in [-0.2, 0) is 16.0 Å². The molecule has 2 fully saturated rings. The first-order valence-electron chi connectivity index (χ1n) is 6.50. The van der Waals surface area contributed by atoms with Crippen molar-refractivity contribution < 1.29 is 14.0 Å². The molecule has 0 spiro atoms. The van der Waals surface area contributed by atoms with Crippen LogP contribution >= 0.6 is 0 Å². The molecule has 19 heavy (non-hydrogen) atoms. The van der Waals surface area contributed by atoms with Gasteiger partial charge >= 0.3 is 0 Å². The van der Waals surface area contributed by atoms with Gasteiger partial charge in [-0.05, 0) is 30.5 Å². The Hall–Kier alpha value is -1.91. The van der Waals surface area contributed by atoms with Gasteiger partial charge in [0.1, 0.15) is 17.9 Å². The quantitative estimate of drug-likeness (QED) is 0.859. The number of nitrogens with one attached hydrogen (secondary N) is 1. The smallest absolute Gasteiger partial charge is 0.246 e. The fourth-order valence-corrected chi connectivity index (χ4v) is 2.83. The fraction of sp³-hybridized carbons (Fsp3) is 0.429. The summed E-state index contributed by atoms with van der Waals surface area (Å²) in [5.41, 5.74) is 0.845. The van der Waals surface area contributed by atoms with Crippen LogP contribution in [0, 0.1) is 5.82 Å². The van der Waals surface area contributed by atoms with E-state index in [1.807, 2.05) is 0 Å².